The average molecular weight is 323 g/mol. The first kappa shape index (κ1) is 14.1. The Labute approximate surface area is 101 Å². The third kappa shape index (κ3) is 3.05. The molecule has 0 heterocycles. The van der Waals surface area contributed by atoms with Crippen molar-refractivity contribution in [3.63, 3.8) is 0 Å². The van der Waals surface area contributed by atoms with Crippen molar-refractivity contribution >= 4 is 15.9 Å². The highest BCUT2D eigenvalue weighted by atomic mass is 79.9. The van der Waals surface area contributed by atoms with E-state index in [0.717, 1.165) is 7.11 Å². The Morgan fingerprint density at radius 2 is 1.53 bits per heavy atom. The van der Waals surface area contributed by atoms with E-state index >= 15 is 0 Å². The number of hydrogen-bond acceptors (Lipinski definition) is 1. The second-order valence-corrected chi connectivity index (χ2v) is 3.89. The predicted octanol–water partition coefficient (Wildman–Crippen LogP) is 4.50. The molecule has 0 atom stereocenters. The summed E-state index contributed by atoms with van der Waals surface area (Å²) in [7, 11) is 0.947. The molecule has 0 spiro atoms. The zero-order valence-electron chi connectivity index (χ0n) is 8.21. The highest BCUT2D eigenvalue weighted by Crippen LogP contribution is 2.44. The molecule has 17 heavy (non-hydrogen) atoms. The molecule has 8 heteroatoms. The van der Waals surface area contributed by atoms with E-state index in [1.54, 1.807) is 0 Å². The highest BCUT2D eigenvalue weighted by molar-refractivity contribution is 9.10. The third-order valence-electron chi connectivity index (χ3n) is 1.88. The van der Waals surface area contributed by atoms with Crippen LogP contribution in [-0.4, -0.2) is 7.11 Å². The number of ether oxygens (including phenoxy) is 1. The van der Waals surface area contributed by atoms with Gasteiger partial charge in [-0.05, 0) is 28.1 Å². The molecule has 0 aromatic heterocycles. The summed E-state index contributed by atoms with van der Waals surface area (Å²) in [5.74, 6) is -0.675. The van der Waals surface area contributed by atoms with Crippen LogP contribution in [0.4, 0.5) is 26.3 Å². The molecule has 96 valence electrons. The molecule has 0 saturated carbocycles. The van der Waals surface area contributed by atoms with E-state index in [0.29, 0.717) is 6.07 Å². The Hall–Kier alpha value is -0.920. The van der Waals surface area contributed by atoms with Crippen LogP contribution in [0.25, 0.3) is 0 Å². The molecule has 0 unspecified atom stereocenters. The monoisotopic (exact) mass is 322 g/mol. The fraction of sp³-hybridized carbons (Fsp3) is 0.333. The summed E-state index contributed by atoms with van der Waals surface area (Å²) in [6, 6.07) is 0.553. The van der Waals surface area contributed by atoms with Gasteiger partial charge in [0.2, 0.25) is 0 Å². The SMILES string of the molecule is COc1c(Br)cc(C(F)(F)F)cc1C(F)(F)F. The smallest absolute Gasteiger partial charge is 0.420 e. The number of hydrogen-bond donors (Lipinski definition) is 0. The normalized spacial score (nSPS) is 12.7. The van der Waals surface area contributed by atoms with Crippen molar-refractivity contribution < 1.29 is 31.1 Å². The van der Waals surface area contributed by atoms with Crippen molar-refractivity contribution in [3.05, 3.63) is 27.7 Å². The van der Waals surface area contributed by atoms with Crippen LogP contribution < -0.4 is 4.74 Å². The predicted molar refractivity (Wildman–Crippen MR) is 50.7 cm³/mol. The Kier molecular flexibility index (Phi) is 3.66. The average Bonchev–Trinajstić information content (AvgIpc) is 2.13. The van der Waals surface area contributed by atoms with Crippen LogP contribution in [-0.2, 0) is 12.4 Å². The number of halogens is 7. The maximum absolute atomic E-state index is 12.5. The van der Waals surface area contributed by atoms with Crippen molar-refractivity contribution in [2.75, 3.05) is 7.11 Å². The fourth-order valence-electron chi connectivity index (χ4n) is 1.18. The first-order valence-electron chi connectivity index (χ1n) is 4.09. The van der Waals surface area contributed by atoms with E-state index in [1.165, 1.54) is 0 Å². The van der Waals surface area contributed by atoms with Gasteiger partial charge >= 0.3 is 12.4 Å². The van der Waals surface area contributed by atoms with Gasteiger partial charge in [0.1, 0.15) is 5.75 Å². The molecule has 0 radical (unpaired) electrons. The van der Waals surface area contributed by atoms with E-state index in [2.05, 4.69) is 20.7 Å². The van der Waals surface area contributed by atoms with Gasteiger partial charge in [-0.2, -0.15) is 26.3 Å². The van der Waals surface area contributed by atoms with Gasteiger partial charge in [0.05, 0.1) is 22.7 Å². The molecule has 0 aliphatic heterocycles. The van der Waals surface area contributed by atoms with E-state index in [4.69, 9.17) is 0 Å². The van der Waals surface area contributed by atoms with Gasteiger partial charge in [0, 0.05) is 0 Å². The summed E-state index contributed by atoms with van der Waals surface area (Å²) >= 11 is 2.62. The standard InChI is InChI=1S/C9H5BrF6O/c1-17-7-5(9(14,15)16)2-4(3-6(7)10)8(11,12)13/h2-3H,1H3. The molecule has 0 N–H and O–H groups in total. The van der Waals surface area contributed by atoms with Crippen molar-refractivity contribution in [1.29, 1.82) is 0 Å². The van der Waals surface area contributed by atoms with Gasteiger partial charge in [-0.3, -0.25) is 0 Å². The number of alkyl halides is 6. The summed E-state index contributed by atoms with van der Waals surface area (Å²) in [5.41, 5.74) is -2.86. The van der Waals surface area contributed by atoms with Crippen LogP contribution in [0.1, 0.15) is 11.1 Å². The van der Waals surface area contributed by atoms with Crippen LogP contribution in [0.5, 0.6) is 5.75 Å². The summed E-state index contributed by atoms with van der Waals surface area (Å²) in [6.07, 6.45) is -9.77. The quantitative estimate of drug-likeness (QED) is 0.692. The lowest BCUT2D eigenvalue weighted by Crippen LogP contribution is -2.12. The Morgan fingerprint density at radius 3 is 1.88 bits per heavy atom. The van der Waals surface area contributed by atoms with E-state index < -0.39 is 33.7 Å². The van der Waals surface area contributed by atoms with Crippen LogP contribution in [0, 0.1) is 0 Å². The Balaban J connectivity index is 3.51. The number of benzene rings is 1. The zero-order valence-corrected chi connectivity index (χ0v) is 9.79. The summed E-state index contributed by atoms with van der Waals surface area (Å²) < 4.78 is 78.6. The minimum Gasteiger partial charge on any atom is -0.495 e. The van der Waals surface area contributed by atoms with E-state index in [9.17, 15) is 26.3 Å². The Morgan fingerprint density at radius 1 is 1.00 bits per heavy atom. The van der Waals surface area contributed by atoms with Crippen molar-refractivity contribution in [2.24, 2.45) is 0 Å². The van der Waals surface area contributed by atoms with Crippen LogP contribution in [0.3, 0.4) is 0 Å². The van der Waals surface area contributed by atoms with Gasteiger partial charge in [-0.25, -0.2) is 0 Å². The van der Waals surface area contributed by atoms with Crippen LogP contribution in [0.15, 0.2) is 16.6 Å². The molecule has 0 bridgehead atoms. The second-order valence-electron chi connectivity index (χ2n) is 3.03. The Bertz CT molecular complexity index is 423. The topological polar surface area (TPSA) is 9.23 Å². The number of rotatable bonds is 1. The first-order chi connectivity index (χ1) is 7.57. The van der Waals surface area contributed by atoms with Crippen LogP contribution in [0.2, 0.25) is 0 Å². The lowest BCUT2D eigenvalue weighted by molar-refractivity contribution is -0.143. The maximum atomic E-state index is 12.5. The molecule has 0 aliphatic carbocycles. The molecule has 1 aromatic rings. The number of methoxy groups -OCH3 is 1. The molecule has 0 fully saturated rings. The molecular formula is C9H5BrF6O. The third-order valence-corrected chi connectivity index (χ3v) is 2.47. The first-order valence-corrected chi connectivity index (χ1v) is 4.88. The zero-order chi connectivity index (χ0) is 13.4. The van der Waals surface area contributed by atoms with Crippen molar-refractivity contribution in [1.82, 2.24) is 0 Å². The van der Waals surface area contributed by atoms with Gasteiger partial charge in [-0.15, -0.1) is 0 Å². The van der Waals surface area contributed by atoms with E-state index in [1.807, 2.05) is 0 Å². The summed E-state index contributed by atoms with van der Waals surface area (Å²) in [6.45, 7) is 0. The summed E-state index contributed by atoms with van der Waals surface area (Å²) in [4.78, 5) is 0. The minimum absolute atomic E-state index is 0.0175. The van der Waals surface area contributed by atoms with E-state index in [-0.39, 0.29) is 6.07 Å². The van der Waals surface area contributed by atoms with Gasteiger partial charge < -0.3 is 4.74 Å². The molecule has 1 nitrogen and oxygen atoms in total. The van der Waals surface area contributed by atoms with Gasteiger partial charge in [0.15, 0.2) is 0 Å². The fourth-order valence-corrected chi connectivity index (χ4v) is 1.80. The molecule has 1 aromatic carbocycles. The van der Waals surface area contributed by atoms with Crippen molar-refractivity contribution in [2.45, 2.75) is 12.4 Å². The summed E-state index contributed by atoms with van der Waals surface area (Å²) in [5, 5.41) is 0. The highest BCUT2D eigenvalue weighted by Gasteiger charge is 2.39. The molecule has 0 saturated heterocycles. The largest absolute Gasteiger partial charge is 0.495 e. The molecule has 0 amide bonds. The van der Waals surface area contributed by atoms with Crippen molar-refractivity contribution in [3.8, 4) is 5.75 Å². The lowest BCUT2D eigenvalue weighted by atomic mass is 10.1. The van der Waals surface area contributed by atoms with Gasteiger partial charge in [0.25, 0.3) is 0 Å². The maximum Gasteiger partial charge on any atom is 0.420 e. The lowest BCUT2D eigenvalue weighted by Gasteiger charge is -2.16. The molecule has 0 aliphatic rings. The molecule has 1 rings (SSSR count). The van der Waals surface area contributed by atoms with Crippen LogP contribution >= 0.6 is 15.9 Å². The van der Waals surface area contributed by atoms with Gasteiger partial charge in [-0.1, -0.05) is 0 Å². The molecular weight excluding hydrogens is 318 g/mol. The minimum atomic E-state index is -4.92. The second kappa shape index (κ2) is 4.40.